The molecule has 0 aromatic heterocycles. The summed E-state index contributed by atoms with van der Waals surface area (Å²) < 4.78 is 18.4. The Kier molecular flexibility index (Phi) is 6.11. The third-order valence-corrected chi connectivity index (χ3v) is 3.53. The van der Waals surface area contributed by atoms with Crippen molar-refractivity contribution in [2.45, 2.75) is 13.1 Å². The number of carbonyl (C=O) groups excluding carboxylic acids is 1. The normalized spacial score (nSPS) is 11.8. The van der Waals surface area contributed by atoms with Gasteiger partial charge in [-0.25, -0.2) is 4.39 Å². The summed E-state index contributed by atoms with van der Waals surface area (Å²) in [5.41, 5.74) is 1.81. The fraction of sp³-hybridized carbons (Fsp3) is 0.278. The van der Waals surface area contributed by atoms with Crippen LogP contribution < -0.4 is 15.0 Å². The maximum Gasteiger partial charge on any atom is 0.275 e. The van der Waals surface area contributed by atoms with Crippen LogP contribution >= 0.6 is 0 Å². The van der Waals surface area contributed by atoms with E-state index in [1.807, 2.05) is 37.4 Å². The summed E-state index contributed by atoms with van der Waals surface area (Å²) in [4.78, 5) is 13.0. The number of rotatable bonds is 7. The number of benzene rings is 2. The Morgan fingerprint density at radius 2 is 2.00 bits per heavy atom. The maximum atomic E-state index is 13.2. The average molecular weight is 317 g/mol. The van der Waals surface area contributed by atoms with Gasteiger partial charge in [0.2, 0.25) is 0 Å². The molecule has 0 spiro atoms. The number of quaternary nitrogens is 1. The van der Waals surface area contributed by atoms with E-state index < -0.39 is 0 Å². The molecule has 0 aliphatic rings. The van der Waals surface area contributed by atoms with Crippen molar-refractivity contribution < 1.29 is 18.8 Å². The van der Waals surface area contributed by atoms with Crippen LogP contribution in [0.15, 0.2) is 48.5 Å². The van der Waals surface area contributed by atoms with Gasteiger partial charge in [0.1, 0.15) is 18.1 Å². The highest BCUT2D eigenvalue weighted by Crippen LogP contribution is 2.16. The number of methoxy groups -OCH3 is 1. The lowest BCUT2D eigenvalue weighted by Crippen LogP contribution is -3.08. The number of para-hydroxylation sites is 1. The van der Waals surface area contributed by atoms with Gasteiger partial charge in [-0.15, -0.1) is 0 Å². The van der Waals surface area contributed by atoms with Gasteiger partial charge in [-0.2, -0.15) is 0 Å². The highest BCUT2D eigenvalue weighted by Gasteiger charge is 2.11. The van der Waals surface area contributed by atoms with E-state index >= 15 is 0 Å². The smallest absolute Gasteiger partial charge is 0.275 e. The highest BCUT2D eigenvalue weighted by atomic mass is 19.1. The van der Waals surface area contributed by atoms with Gasteiger partial charge in [-0.3, -0.25) is 4.79 Å². The first-order valence-corrected chi connectivity index (χ1v) is 7.53. The fourth-order valence-corrected chi connectivity index (χ4v) is 2.44. The van der Waals surface area contributed by atoms with Crippen LogP contribution in [0.3, 0.4) is 0 Å². The van der Waals surface area contributed by atoms with Gasteiger partial charge in [0.05, 0.1) is 14.2 Å². The van der Waals surface area contributed by atoms with Crippen LogP contribution in [0.5, 0.6) is 5.75 Å². The summed E-state index contributed by atoms with van der Waals surface area (Å²) in [5, 5.41) is 2.89. The van der Waals surface area contributed by atoms with Crippen LogP contribution in [0.1, 0.15) is 11.1 Å². The predicted octanol–water partition coefficient (Wildman–Crippen LogP) is 1.17. The van der Waals surface area contributed by atoms with E-state index in [2.05, 4.69) is 5.32 Å². The molecule has 0 saturated heterocycles. The van der Waals surface area contributed by atoms with Crippen LogP contribution in [0.4, 0.5) is 4.39 Å². The number of amides is 1. The van der Waals surface area contributed by atoms with Crippen molar-refractivity contribution in [1.82, 2.24) is 5.32 Å². The van der Waals surface area contributed by atoms with Crippen LogP contribution in [0.2, 0.25) is 0 Å². The topological polar surface area (TPSA) is 42.8 Å². The van der Waals surface area contributed by atoms with Crippen molar-refractivity contribution in [1.29, 1.82) is 0 Å². The standard InChI is InChI=1S/C18H21FN2O2/c1-21(12-14-6-5-8-16(19)10-14)13-18(22)20-11-15-7-3-4-9-17(15)23-2/h3-10H,11-13H2,1-2H3,(H,20,22)/p+1. The van der Waals surface area contributed by atoms with Crippen LogP contribution in [0, 0.1) is 5.82 Å². The Labute approximate surface area is 135 Å². The van der Waals surface area contributed by atoms with Crippen LogP contribution in [0.25, 0.3) is 0 Å². The van der Waals surface area contributed by atoms with Crippen LogP contribution in [-0.4, -0.2) is 26.6 Å². The Hall–Kier alpha value is -2.40. The van der Waals surface area contributed by atoms with E-state index in [1.165, 1.54) is 12.1 Å². The maximum absolute atomic E-state index is 13.2. The van der Waals surface area contributed by atoms with E-state index in [0.717, 1.165) is 21.8 Å². The molecule has 2 aromatic rings. The summed E-state index contributed by atoms with van der Waals surface area (Å²) in [6.45, 7) is 1.35. The van der Waals surface area contributed by atoms with E-state index in [-0.39, 0.29) is 11.7 Å². The van der Waals surface area contributed by atoms with Gasteiger partial charge in [0, 0.05) is 17.7 Å². The van der Waals surface area contributed by atoms with Crippen molar-refractivity contribution in [2.75, 3.05) is 20.7 Å². The molecule has 1 atom stereocenters. The van der Waals surface area contributed by atoms with Gasteiger partial charge in [-0.1, -0.05) is 30.3 Å². The van der Waals surface area contributed by atoms with Crippen LogP contribution in [-0.2, 0) is 17.9 Å². The van der Waals surface area contributed by atoms with Gasteiger partial charge >= 0.3 is 0 Å². The molecule has 2 N–H and O–H groups in total. The summed E-state index contributed by atoms with van der Waals surface area (Å²) in [6, 6.07) is 14.0. The summed E-state index contributed by atoms with van der Waals surface area (Å²) in [5.74, 6) is 0.453. The molecule has 1 amide bonds. The van der Waals surface area contributed by atoms with Gasteiger partial charge < -0.3 is 15.0 Å². The number of carbonyl (C=O) groups is 1. The van der Waals surface area contributed by atoms with Crippen molar-refractivity contribution in [3.05, 3.63) is 65.5 Å². The average Bonchev–Trinajstić information content (AvgIpc) is 2.53. The molecule has 1 unspecified atom stereocenters. The number of hydrogen-bond acceptors (Lipinski definition) is 2. The molecule has 0 aliphatic heterocycles. The third-order valence-electron chi connectivity index (χ3n) is 3.53. The van der Waals surface area contributed by atoms with Gasteiger partial charge in [0.25, 0.3) is 5.91 Å². The zero-order valence-corrected chi connectivity index (χ0v) is 13.4. The molecular weight excluding hydrogens is 295 g/mol. The number of ether oxygens (including phenoxy) is 1. The second-order valence-electron chi connectivity index (χ2n) is 5.53. The fourth-order valence-electron chi connectivity index (χ4n) is 2.44. The first-order valence-electron chi connectivity index (χ1n) is 7.53. The van der Waals surface area contributed by atoms with E-state index in [1.54, 1.807) is 13.2 Å². The number of hydrogen-bond donors (Lipinski definition) is 2. The zero-order valence-electron chi connectivity index (χ0n) is 13.4. The summed E-state index contributed by atoms with van der Waals surface area (Å²) >= 11 is 0. The lowest BCUT2D eigenvalue weighted by Gasteiger charge is -2.14. The number of nitrogens with one attached hydrogen (secondary N) is 2. The monoisotopic (exact) mass is 317 g/mol. The molecule has 4 nitrogen and oxygen atoms in total. The van der Waals surface area contributed by atoms with Gasteiger partial charge in [-0.05, 0) is 18.2 Å². The minimum atomic E-state index is -0.254. The van der Waals surface area contributed by atoms with Crippen molar-refractivity contribution in [3.8, 4) is 5.75 Å². The lowest BCUT2D eigenvalue weighted by atomic mass is 10.2. The predicted molar refractivity (Wildman–Crippen MR) is 86.7 cm³/mol. The highest BCUT2D eigenvalue weighted by molar-refractivity contribution is 5.76. The van der Waals surface area contributed by atoms with Crippen molar-refractivity contribution in [2.24, 2.45) is 0 Å². The second-order valence-corrected chi connectivity index (χ2v) is 5.53. The Morgan fingerprint density at radius 3 is 2.74 bits per heavy atom. The Bertz CT molecular complexity index is 661. The Balaban J connectivity index is 1.82. The number of likely N-dealkylation sites (N-methyl/N-ethyl adjacent to an activating group) is 1. The molecule has 0 saturated carbocycles. The zero-order chi connectivity index (χ0) is 16.7. The van der Waals surface area contributed by atoms with Crippen molar-refractivity contribution in [3.63, 3.8) is 0 Å². The molecule has 0 radical (unpaired) electrons. The molecule has 2 rings (SSSR count). The molecule has 122 valence electrons. The molecule has 0 bridgehead atoms. The molecule has 5 heteroatoms. The lowest BCUT2D eigenvalue weighted by molar-refractivity contribution is -0.885. The van der Waals surface area contributed by atoms with E-state index in [0.29, 0.717) is 19.6 Å². The van der Waals surface area contributed by atoms with E-state index in [4.69, 9.17) is 4.74 Å². The number of halogens is 1. The minimum Gasteiger partial charge on any atom is -0.496 e. The largest absolute Gasteiger partial charge is 0.496 e. The summed E-state index contributed by atoms with van der Waals surface area (Å²) in [6.07, 6.45) is 0. The molecular formula is C18H22FN2O2+. The quantitative estimate of drug-likeness (QED) is 0.805. The minimum absolute atomic E-state index is 0.0511. The molecule has 23 heavy (non-hydrogen) atoms. The second kappa shape index (κ2) is 8.29. The van der Waals surface area contributed by atoms with Crippen molar-refractivity contribution >= 4 is 5.91 Å². The molecule has 2 aromatic carbocycles. The molecule has 0 fully saturated rings. The molecule has 0 heterocycles. The Morgan fingerprint density at radius 1 is 1.22 bits per heavy atom. The van der Waals surface area contributed by atoms with E-state index in [9.17, 15) is 9.18 Å². The first kappa shape index (κ1) is 17.0. The summed E-state index contributed by atoms with van der Waals surface area (Å²) in [7, 11) is 3.52. The van der Waals surface area contributed by atoms with Gasteiger partial charge in [0.15, 0.2) is 6.54 Å². The molecule has 0 aliphatic carbocycles. The first-order chi connectivity index (χ1) is 11.1. The third kappa shape index (κ3) is 5.38. The SMILES string of the molecule is COc1ccccc1CNC(=O)C[NH+](C)Cc1cccc(F)c1.